The molecule has 0 aromatic heterocycles. The van der Waals surface area contributed by atoms with Gasteiger partial charge in [-0.15, -0.1) is 0 Å². The average Bonchev–Trinajstić information content (AvgIpc) is 3.18. The van der Waals surface area contributed by atoms with Crippen LogP contribution in [0.25, 0.3) is 0 Å². The van der Waals surface area contributed by atoms with Crippen molar-refractivity contribution in [3.8, 4) is 0 Å². The van der Waals surface area contributed by atoms with Gasteiger partial charge in [-0.1, -0.05) is 20.3 Å². The van der Waals surface area contributed by atoms with Crippen molar-refractivity contribution >= 4 is 29.7 Å². The summed E-state index contributed by atoms with van der Waals surface area (Å²) in [7, 11) is 0. The van der Waals surface area contributed by atoms with E-state index in [2.05, 4.69) is 10.6 Å². The first-order valence-corrected chi connectivity index (χ1v) is 10.1. The number of hydrogen-bond donors (Lipinski definition) is 5. The van der Waals surface area contributed by atoms with Crippen LogP contribution in [-0.2, 0) is 24.0 Å². The second-order valence-corrected chi connectivity index (χ2v) is 7.67. The maximum absolute atomic E-state index is 12.8. The van der Waals surface area contributed by atoms with E-state index in [1.807, 2.05) is 6.92 Å². The molecule has 5 atom stereocenters. The second kappa shape index (κ2) is 11.5. The molecule has 11 nitrogen and oxygen atoms in total. The van der Waals surface area contributed by atoms with Gasteiger partial charge >= 0.3 is 11.9 Å². The molecule has 3 amide bonds. The van der Waals surface area contributed by atoms with Crippen molar-refractivity contribution in [2.75, 3.05) is 6.54 Å². The highest BCUT2D eigenvalue weighted by Gasteiger charge is 2.37. The van der Waals surface area contributed by atoms with Gasteiger partial charge in [0.25, 0.3) is 0 Å². The molecule has 0 spiro atoms. The molecule has 6 N–H and O–H groups in total. The third-order valence-corrected chi connectivity index (χ3v) is 5.35. The highest BCUT2D eigenvalue weighted by molar-refractivity contribution is 5.94. The largest absolute Gasteiger partial charge is 0.481 e. The summed E-state index contributed by atoms with van der Waals surface area (Å²) >= 11 is 0. The number of carboxylic acid groups (broad SMARTS) is 2. The van der Waals surface area contributed by atoms with Gasteiger partial charge in [-0.25, -0.2) is 4.79 Å². The maximum Gasteiger partial charge on any atom is 0.326 e. The number of nitrogens with two attached hydrogens (primary N) is 1. The maximum atomic E-state index is 12.8. The van der Waals surface area contributed by atoms with E-state index in [4.69, 9.17) is 10.8 Å². The van der Waals surface area contributed by atoms with Crippen molar-refractivity contribution in [3.05, 3.63) is 0 Å². The van der Waals surface area contributed by atoms with E-state index in [1.165, 1.54) is 11.8 Å². The van der Waals surface area contributed by atoms with Crippen LogP contribution < -0.4 is 16.4 Å². The molecule has 0 aliphatic carbocycles. The van der Waals surface area contributed by atoms with Crippen molar-refractivity contribution in [2.45, 2.75) is 77.0 Å². The van der Waals surface area contributed by atoms with Crippen molar-refractivity contribution in [1.29, 1.82) is 0 Å². The Morgan fingerprint density at radius 2 is 1.73 bits per heavy atom. The van der Waals surface area contributed by atoms with Crippen LogP contribution >= 0.6 is 0 Å². The SMILES string of the molecule is CCC(C)C(NC(=O)C(N)CCC(=O)O)C(=O)NC(C)C(=O)N1CCCC1C(=O)O. The van der Waals surface area contributed by atoms with Crippen molar-refractivity contribution in [3.63, 3.8) is 0 Å². The Labute approximate surface area is 175 Å². The van der Waals surface area contributed by atoms with Gasteiger partial charge in [0.05, 0.1) is 6.04 Å². The third-order valence-electron chi connectivity index (χ3n) is 5.35. The molecule has 170 valence electrons. The lowest BCUT2D eigenvalue weighted by Crippen LogP contribution is -2.58. The summed E-state index contributed by atoms with van der Waals surface area (Å²) in [4.78, 5) is 60.9. The number of amides is 3. The second-order valence-electron chi connectivity index (χ2n) is 7.67. The summed E-state index contributed by atoms with van der Waals surface area (Å²) in [5, 5.41) is 23.0. The number of carbonyl (C=O) groups is 5. The standard InChI is InChI=1S/C19H32N4O7/c1-4-10(2)15(22-16(26)12(20)7-8-14(24)25)17(27)21-11(3)18(28)23-9-5-6-13(23)19(29)30/h10-13,15H,4-9,20H2,1-3H3,(H,21,27)(H,22,26)(H,24,25)(H,29,30). The number of likely N-dealkylation sites (tertiary alicyclic amines) is 1. The fraction of sp³-hybridized carbons (Fsp3) is 0.737. The summed E-state index contributed by atoms with van der Waals surface area (Å²) in [6.45, 7) is 5.35. The molecule has 1 saturated heterocycles. The number of nitrogens with one attached hydrogen (secondary N) is 2. The minimum atomic E-state index is -1.08. The molecule has 0 radical (unpaired) electrons. The lowest BCUT2D eigenvalue weighted by Gasteiger charge is -2.29. The van der Waals surface area contributed by atoms with Crippen molar-refractivity contribution in [1.82, 2.24) is 15.5 Å². The highest BCUT2D eigenvalue weighted by Crippen LogP contribution is 2.18. The van der Waals surface area contributed by atoms with Crippen LogP contribution in [0.4, 0.5) is 0 Å². The smallest absolute Gasteiger partial charge is 0.326 e. The Balaban J connectivity index is 2.78. The van der Waals surface area contributed by atoms with Crippen LogP contribution in [0.15, 0.2) is 0 Å². The first-order chi connectivity index (χ1) is 14.0. The first-order valence-electron chi connectivity index (χ1n) is 10.1. The fourth-order valence-electron chi connectivity index (χ4n) is 3.27. The minimum absolute atomic E-state index is 0.0730. The molecular weight excluding hydrogens is 396 g/mol. The Bertz CT molecular complexity index is 669. The zero-order valence-corrected chi connectivity index (χ0v) is 17.6. The van der Waals surface area contributed by atoms with E-state index in [1.54, 1.807) is 6.92 Å². The number of carboxylic acids is 2. The van der Waals surface area contributed by atoms with E-state index in [-0.39, 0.29) is 18.8 Å². The van der Waals surface area contributed by atoms with Gasteiger partial charge in [0.15, 0.2) is 0 Å². The van der Waals surface area contributed by atoms with E-state index < -0.39 is 53.8 Å². The monoisotopic (exact) mass is 428 g/mol. The first kappa shape index (κ1) is 25.3. The van der Waals surface area contributed by atoms with Crippen LogP contribution in [0.1, 0.15) is 52.9 Å². The zero-order valence-electron chi connectivity index (χ0n) is 17.6. The van der Waals surface area contributed by atoms with Crippen LogP contribution in [0.2, 0.25) is 0 Å². The summed E-state index contributed by atoms with van der Waals surface area (Å²) in [5.41, 5.74) is 5.71. The van der Waals surface area contributed by atoms with Crippen LogP contribution in [-0.4, -0.2) is 75.5 Å². The molecule has 5 unspecified atom stereocenters. The Kier molecular flexibility index (Phi) is 9.70. The average molecular weight is 428 g/mol. The molecule has 0 bridgehead atoms. The van der Waals surface area contributed by atoms with Crippen LogP contribution in [0.5, 0.6) is 0 Å². The number of nitrogens with zero attached hydrogens (tertiary/aromatic N) is 1. The summed E-state index contributed by atoms with van der Waals surface area (Å²) in [6.07, 6.45) is 1.14. The molecular formula is C19H32N4O7. The minimum Gasteiger partial charge on any atom is -0.481 e. The quantitative estimate of drug-likeness (QED) is 0.286. The molecule has 1 aliphatic heterocycles. The van der Waals surface area contributed by atoms with Gasteiger partial charge in [0.1, 0.15) is 18.1 Å². The van der Waals surface area contributed by atoms with Gasteiger partial charge < -0.3 is 31.5 Å². The van der Waals surface area contributed by atoms with E-state index in [0.29, 0.717) is 25.8 Å². The predicted octanol–water partition coefficient (Wildman–Crippen LogP) is -0.710. The molecule has 1 heterocycles. The number of hydrogen-bond acceptors (Lipinski definition) is 6. The molecule has 0 aromatic rings. The Morgan fingerprint density at radius 3 is 2.27 bits per heavy atom. The molecule has 1 fully saturated rings. The Hall–Kier alpha value is -2.69. The lowest BCUT2D eigenvalue weighted by molar-refractivity contribution is -0.149. The third kappa shape index (κ3) is 6.97. The van der Waals surface area contributed by atoms with E-state index in [9.17, 15) is 29.1 Å². The van der Waals surface area contributed by atoms with E-state index >= 15 is 0 Å². The topological polar surface area (TPSA) is 179 Å². The summed E-state index contributed by atoms with van der Waals surface area (Å²) in [5.74, 6) is -4.18. The predicted molar refractivity (Wildman–Crippen MR) is 106 cm³/mol. The van der Waals surface area contributed by atoms with Crippen molar-refractivity contribution < 1.29 is 34.2 Å². The highest BCUT2D eigenvalue weighted by atomic mass is 16.4. The summed E-state index contributed by atoms with van der Waals surface area (Å²) < 4.78 is 0. The van der Waals surface area contributed by atoms with E-state index in [0.717, 1.165) is 0 Å². The van der Waals surface area contributed by atoms with Crippen LogP contribution in [0, 0.1) is 5.92 Å². The molecule has 0 aromatic carbocycles. The lowest BCUT2D eigenvalue weighted by atomic mass is 9.97. The van der Waals surface area contributed by atoms with Gasteiger partial charge in [-0.3, -0.25) is 19.2 Å². The van der Waals surface area contributed by atoms with Gasteiger partial charge in [-0.2, -0.15) is 0 Å². The van der Waals surface area contributed by atoms with Crippen LogP contribution in [0.3, 0.4) is 0 Å². The number of rotatable bonds is 11. The number of aliphatic carboxylic acids is 2. The summed E-state index contributed by atoms with van der Waals surface area (Å²) in [6, 6.07) is -3.93. The van der Waals surface area contributed by atoms with Gasteiger partial charge in [0.2, 0.25) is 17.7 Å². The Morgan fingerprint density at radius 1 is 1.10 bits per heavy atom. The molecule has 1 aliphatic rings. The molecule has 0 saturated carbocycles. The van der Waals surface area contributed by atoms with Crippen molar-refractivity contribution in [2.24, 2.45) is 11.7 Å². The zero-order chi connectivity index (χ0) is 23.0. The fourth-order valence-corrected chi connectivity index (χ4v) is 3.27. The molecule has 30 heavy (non-hydrogen) atoms. The molecule has 11 heteroatoms. The number of carbonyl (C=O) groups excluding carboxylic acids is 3. The van der Waals surface area contributed by atoms with Gasteiger partial charge in [0, 0.05) is 13.0 Å². The molecule has 1 rings (SSSR count). The normalized spacial score (nSPS) is 20.0. The van der Waals surface area contributed by atoms with Gasteiger partial charge in [-0.05, 0) is 32.1 Å².